The number of carbonyl (C=O) groups is 1. The Morgan fingerprint density at radius 3 is 2.95 bits per heavy atom. The van der Waals surface area contributed by atoms with E-state index < -0.39 is 10.0 Å². The SMILES string of the molecule is CS(=O)(=O)N1CCO[C@H]2CN(C(=O)/C=C/c3cccs3)C[C@H]21. The third-order valence-corrected chi connectivity index (χ3v) is 6.06. The highest BCUT2D eigenvalue weighted by Gasteiger charge is 2.44. The summed E-state index contributed by atoms with van der Waals surface area (Å²) >= 11 is 1.56. The van der Waals surface area contributed by atoms with Crippen LogP contribution in [0.3, 0.4) is 0 Å². The number of rotatable bonds is 3. The fraction of sp³-hybridized carbons (Fsp3) is 0.500. The number of fused-ring (bicyclic) bond motifs is 1. The first-order valence-electron chi connectivity index (χ1n) is 7.04. The molecule has 1 aromatic rings. The number of amides is 1. The van der Waals surface area contributed by atoms with Crippen molar-refractivity contribution in [2.24, 2.45) is 0 Å². The topological polar surface area (TPSA) is 66.9 Å². The van der Waals surface area contributed by atoms with Crippen LogP contribution in [0.25, 0.3) is 6.08 Å². The number of ether oxygens (including phenoxy) is 1. The van der Waals surface area contributed by atoms with Crippen molar-refractivity contribution < 1.29 is 17.9 Å². The van der Waals surface area contributed by atoms with E-state index >= 15 is 0 Å². The Morgan fingerprint density at radius 1 is 1.45 bits per heavy atom. The summed E-state index contributed by atoms with van der Waals surface area (Å²) < 4.78 is 30.8. The van der Waals surface area contributed by atoms with Gasteiger partial charge in [0.2, 0.25) is 15.9 Å². The summed E-state index contributed by atoms with van der Waals surface area (Å²) in [7, 11) is -3.28. The lowest BCUT2D eigenvalue weighted by Gasteiger charge is -2.34. The van der Waals surface area contributed by atoms with Gasteiger partial charge in [0.25, 0.3) is 0 Å². The molecular weight excluding hydrogens is 324 g/mol. The molecule has 0 radical (unpaired) electrons. The molecule has 22 heavy (non-hydrogen) atoms. The summed E-state index contributed by atoms with van der Waals surface area (Å²) in [4.78, 5) is 14.9. The average Bonchev–Trinajstić information content (AvgIpc) is 3.12. The Bertz CT molecular complexity index is 669. The fourth-order valence-corrected chi connectivity index (χ4v) is 4.61. The summed E-state index contributed by atoms with van der Waals surface area (Å²) in [6.07, 6.45) is 4.29. The van der Waals surface area contributed by atoms with E-state index in [0.29, 0.717) is 26.2 Å². The lowest BCUT2D eigenvalue weighted by Crippen LogP contribution is -2.52. The molecule has 0 spiro atoms. The van der Waals surface area contributed by atoms with E-state index in [0.717, 1.165) is 4.88 Å². The van der Waals surface area contributed by atoms with Crippen LogP contribution in [-0.2, 0) is 19.6 Å². The highest BCUT2D eigenvalue weighted by atomic mass is 32.2. The summed E-state index contributed by atoms with van der Waals surface area (Å²) in [5, 5.41) is 1.95. The van der Waals surface area contributed by atoms with Crippen LogP contribution in [-0.4, -0.2) is 68.2 Å². The first-order valence-corrected chi connectivity index (χ1v) is 9.77. The molecule has 2 saturated heterocycles. The number of nitrogens with zero attached hydrogens (tertiary/aromatic N) is 2. The third kappa shape index (κ3) is 3.24. The van der Waals surface area contributed by atoms with E-state index in [1.165, 1.54) is 16.6 Å². The van der Waals surface area contributed by atoms with E-state index in [4.69, 9.17) is 4.74 Å². The number of morpholine rings is 1. The van der Waals surface area contributed by atoms with E-state index in [1.54, 1.807) is 22.3 Å². The Balaban J connectivity index is 1.69. The van der Waals surface area contributed by atoms with Crippen LogP contribution in [0.15, 0.2) is 23.6 Å². The lowest BCUT2D eigenvalue weighted by molar-refractivity contribution is -0.125. The van der Waals surface area contributed by atoms with Gasteiger partial charge in [0.15, 0.2) is 0 Å². The Hall–Kier alpha value is -1.22. The van der Waals surface area contributed by atoms with Gasteiger partial charge >= 0.3 is 0 Å². The molecule has 0 unspecified atom stereocenters. The smallest absolute Gasteiger partial charge is 0.246 e. The number of thiophene rings is 1. The minimum atomic E-state index is -3.28. The number of sulfonamides is 1. The molecule has 1 aromatic heterocycles. The van der Waals surface area contributed by atoms with Gasteiger partial charge in [0.1, 0.15) is 0 Å². The minimum absolute atomic E-state index is 0.111. The standard InChI is InChI=1S/C14H18N2O4S2/c1-22(18,19)16-6-7-20-13-10-15(9-12(13)16)14(17)5-4-11-3-2-8-21-11/h2-5,8,12-13H,6-7,9-10H2,1H3/b5-4+/t12-,13+/m1/s1. The van der Waals surface area contributed by atoms with Crippen LogP contribution < -0.4 is 0 Å². The zero-order valence-corrected chi connectivity index (χ0v) is 13.8. The number of hydrogen-bond donors (Lipinski definition) is 0. The van der Waals surface area contributed by atoms with Crippen LogP contribution in [0.2, 0.25) is 0 Å². The van der Waals surface area contributed by atoms with Crippen molar-refractivity contribution in [3.63, 3.8) is 0 Å². The van der Waals surface area contributed by atoms with Crippen molar-refractivity contribution in [2.45, 2.75) is 12.1 Å². The normalized spacial score (nSPS) is 26.5. The molecule has 0 N–H and O–H groups in total. The fourth-order valence-electron chi connectivity index (χ4n) is 2.89. The maximum absolute atomic E-state index is 12.3. The largest absolute Gasteiger partial charge is 0.373 e. The van der Waals surface area contributed by atoms with E-state index in [-0.39, 0.29) is 18.1 Å². The van der Waals surface area contributed by atoms with Crippen molar-refractivity contribution in [2.75, 3.05) is 32.5 Å². The molecule has 2 fully saturated rings. The van der Waals surface area contributed by atoms with Gasteiger partial charge in [-0.25, -0.2) is 8.42 Å². The van der Waals surface area contributed by atoms with Gasteiger partial charge in [0, 0.05) is 30.6 Å². The molecule has 3 heterocycles. The first kappa shape index (κ1) is 15.7. The van der Waals surface area contributed by atoms with Crippen molar-refractivity contribution in [3.05, 3.63) is 28.5 Å². The second-order valence-corrected chi connectivity index (χ2v) is 8.36. The second kappa shape index (κ2) is 6.11. The van der Waals surface area contributed by atoms with Crippen molar-refractivity contribution >= 4 is 33.3 Å². The highest BCUT2D eigenvalue weighted by Crippen LogP contribution is 2.25. The van der Waals surface area contributed by atoms with Gasteiger partial charge in [-0.1, -0.05) is 6.07 Å². The van der Waals surface area contributed by atoms with Gasteiger partial charge in [-0.2, -0.15) is 4.31 Å². The number of carbonyl (C=O) groups excluding carboxylic acids is 1. The van der Waals surface area contributed by atoms with Crippen LogP contribution in [0, 0.1) is 0 Å². The number of hydrogen-bond acceptors (Lipinski definition) is 5. The second-order valence-electron chi connectivity index (χ2n) is 5.44. The Morgan fingerprint density at radius 2 is 2.27 bits per heavy atom. The summed E-state index contributed by atoms with van der Waals surface area (Å²) in [5.41, 5.74) is 0. The Kier molecular flexibility index (Phi) is 4.35. The van der Waals surface area contributed by atoms with E-state index in [1.807, 2.05) is 17.5 Å². The predicted molar refractivity (Wildman–Crippen MR) is 85.0 cm³/mol. The molecule has 2 aliphatic heterocycles. The third-order valence-electron chi connectivity index (χ3n) is 3.92. The zero-order chi connectivity index (χ0) is 15.7. The van der Waals surface area contributed by atoms with Crippen molar-refractivity contribution in [3.8, 4) is 0 Å². The molecule has 0 aromatic carbocycles. The van der Waals surface area contributed by atoms with Gasteiger partial charge in [0.05, 0.1) is 25.0 Å². The summed E-state index contributed by atoms with van der Waals surface area (Å²) in [6, 6.07) is 3.59. The molecule has 0 saturated carbocycles. The van der Waals surface area contributed by atoms with Crippen LogP contribution in [0.5, 0.6) is 0 Å². The Labute approximate surface area is 134 Å². The first-order chi connectivity index (χ1) is 10.4. The molecule has 1 amide bonds. The minimum Gasteiger partial charge on any atom is -0.373 e. The molecule has 8 heteroatoms. The lowest BCUT2D eigenvalue weighted by atomic mass is 10.2. The van der Waals surface area contributed by atoms with Gasteiger partial charge in [-0.05, 0) is 17.5 Å². The van der Waals surface area contributed by atoms with Crippen LogP contribution in [0.1, 0.15) is 4.88 Å². The van der Waals surface area contributed by atoms with Gasteiger partial charge in [-0.15, -0.1) is 11.3 Å². The maximum Gasteiger partial charge on any atom is 0.246 e. The van der Waals surface area contributed by atoms with Crippen LogP contribution in [0.4, 0.5) is 0 Å². The van der Waals surface area contributed by atoms with E-state index in [2.05, 4.69) is 0 Å². The molecule has 120 valence electrons. The molecule has 0 bridgehead atoms. The number of likely N-dealkylation sites (tertiary alicyclic amines) is 1. The average molecular weight is 342 g/mol. The molecule has 0 aliphatic carbocycles. The van der Waals surface area contributed by atoms with Crippen LogP contribution >= 0.6 is 11.3 Å². The van der Waals surface area contributed by atoms with E-state index in [9.17, 15) is 13.2 Å². The molecule has 3 rings (SSSR count). The van der Waals surface area contributed by atoms with Crippen molar-refractivity contribution in [1.82, 2.24) is 9.21 Å². The zero-order valence-electron chi connectivity index (χ0n) is 12.2. The van der Waals surface area contributed by atoms with Crippen molar-refractivity contribution in [1.29, 1.82) is 0 Å². The molecule has 6 nitrogen and oxygen atoms in total. The summed E-state index contributed by atoms with van der Waals surface area (Å²) in [6.45, 7) is 1.55. The van der Waals surface area contributed by atoms with Gasteiger partial charge < -0.3 is 9.64 Å². The monoisotopic (exact) mass is 342 g/mol. The molecule has 2 aliphatic rings. The highest BCUT2D eigenvalue weighted by molar-refractivity contribution is 7.88. The summed E-state index contributed by atoms with van der Waals surface area (Å²) in [5.74, 6) is -0.111. The molecule has 2 atom stereocenters. The van der Waals surface area contributed by atoms with Gasteiger partial charge in [-0.3, -0.25) is 4.79 Å². The maximum atomic E-state index is 12.3. The molecular formula is C14H18N2O4S2. The quantitative estimate of drug-likeness (QED) is 0.756. The predicted octanol–water partition coefficient (Wildman–Crippen LogP) is 0.632.